The highest BCUT2D eigenvalue weighted by Gasteiger charge is 1.84. The summed E-state index contributed by atoms with van der Waals surface area (Å²) >= 11 is 0. The van der Waals surface area contributed by atoms with Crippen molar-refractivity contribution in [3.8, 4) is 0 Å². The Kier molecular flexibility index (Phi) is 2.87. The van der Waals surface area contributed by atoms with Crippen LogP contribution in [-0.2, 0) is 0 Å². The van der Waals surface area contributed by atoms with Crippen LogP contribution in [0.4, 0.5) is 0 Å². The molecule has 1 rings (SSSR count). The van der Waals surface area contributed by atoms with Gasteiger partial charge in [-0.3, -0.25) is 0 Å². The van der Waals surface area contributed by atoms with E-state index in [2.05, 4.69) is 37.8 Å². The topological polar surface area (TPSA) is 0 Å². The summed E-state index contributed by atoms with van der Waals surface area (Å²) in [4.78, 5) is 0. The molecule has 0 saturated heterocycles. The van der Waals surface area contributed by atoms with Gasteiger partial charge in [0.25, 0.3) is 0 Å². The zero-order valence-corrected chi connectivity index (χ0v) is 7.67. The van der Waals surface area contributed by atoms with Crippen molar-refractivity contribution in [1.29, 1.82) is 0 Å². The molecule has 0 radical (unpaired) electrons. The van der Waals surface area contributed by atoms with Gasteiger partial charge in [0.15, 0.2) is 0 Å². The third-order valence-corrected chi connectivity index (χ3v) is 1.91. The number of benzene rings is 1. The molecule has 0 atom stereocenters. The Morgan fingerprint density at radius 3 is 2.75 bits per heavy atom. The van der Waals surface area contributed by atoms with Gasteiger partial charge in [0, 0.05) is 0 Å². The monoisotopic (exact) mass is 158 g/mol. The minimum Gasteiger partial charge on any atom is -0.0909 e. The van der Waals surface area contributed by atoms with Crippen LogP contribution >= 0.6 is 0 Å². The predicted octanol–water partition coefficient (Wildman–Crippen LogP) is 1.76. The standard InChI is InChI=1S/C12H14/c1-4-5-8-12-9-6-7-10(2)11(12)3/h4-9H,3H2,1-2H3/b5-4-,12-8-. The molecule has 0 aliphatic heterocycles. The summed E-state index contributed by atoms with van der Waals surface area (Å²) in [7, 11) is 0. The zero-order valence-electron chi connectivity index (χ0n) is 7.67. The summed E-state index contributed by atoms with van der Waals surface area (Å²) in [5.41, 5.74) is 1.24. The fraction of sp³-hybridized carbons (Fsp3) is 0.167. The van der Waals surface area contributed by atoms with E-state index in [-0.39, 0.29) is 0 Å². The Labute approximate surface area is 73.6 Å². The maximum absolute atomic E-state index is 4.01. The smallest absolute Gasteiger partial charge is 0.0187 e. The molecule has 0 heterocycles. The second-order valence-corrected chi connectivity index (χ2v) is 2.84. The lowest BCUT2D eigenvalue weighted by Crippen LogP contribution is -2.24. The number of hydrogen-bond acceptors (Lipinski definition) is 0. The average Bonchev–Trinajstić information content (AvgIpc) is 2.08. The second-order valence-electron chi connectivity index (χ2n) is 2.84. The van der Waals surface area contributed by atoms with Crippen LogP contribution in [0.2, 0.25) is 0 Å². The van der Waals surface area contributed by atoms with Crippen LogP contribution in [0.3, 0.4) is 0 Å². The van der Waals surface area contributed by atoms with Gasteiger partial charge in [-0.2, -0.15) is 0 Å². The summed E-state index contributed by atoms with van der Waals surface area (Å²) in [6.45, 7) is 8.10. The van der Waals surface area contributed by atoms with Crippen LogP contribution in [0.5, 0.6) is 0 Å². The molecule has 62 valence electrons. The first-order chi connectivity index (χ1) is 5.75. The Morgan fingerprint density at radius 2 is 2.08 bits per heavy atom. The minimum absolute atomic E-state index is 1.12. The Hall–Kier alpha value is -1.30. The molecule has 0 unspecified atom stereocenters. The summed E-state index contributed by atoms with van der Waals surface area (Å²) in [6, 6.07) is 6.21. The highest BCUT2D eigenvalue weighted by molar-refractivity contribution is 5.38. The van der Waals surface area contributed by atoms with E-state index in [1.807, 2.05) is 19.1 Å². The molecule has 0 nitrogen and oxygen atoms in total. The van der Waals surface area contributed by atoms with Crippen molar-refractivity contribution in [2.24, 2.45) is 0 Å². The Bertz CT molecular complexity index is 383. The lowest BCUT2D eigenvalue weighted by molar-refractivity contribution is 1.38. The molecule has 0 aliphatic carbocycles. The van der Waals surface area contributed by atoms with Gasteiger partial charge in [0.05, 0.1) is 0 Å². The van der Waals surface area contributed by atoms with E-state index in [0.717, 1.165) is 5.22 Å². The summed E-state index contributed by atoms with van der Waals surface area (Å²) < 4.78 is 0. The second kappa shape index (κ2) is 3.91. The average molecular weight is 158 g/mol. The normalized spacial score (nSPS) is 12.7. The van der Waals surface area contributed by atoms with E-state index < -0.39 is 0 Å². The molecular formula is C12H14. The van der Waals surface area contributed by atoms with Gasteiger partial charge in [0.1, 0.15) is 0 Å². The molecule has 1 aromatic rings. The van der Waals surface area contributed by atoms with Crippen LogP contribution in [0.1, 0.15) is 12.5 Å². The van der Waals surface area contributed by atoms with Crippen molar-refractivity contribution in [1.82, 2.24) is 0 Å². The largest absolute Gasteiger partial charge is 0.0909 e. The third-order valence-electron chi connectivity index (χ3n) is 1.91. The number of allylic oxidation sites excluding steroid dienone is 2. The lowest BCUT2D eigenvalue weighted by atomic mass is 10.1. The molecule has 12 heavy (non-hydrogen) atoms. The van der Waals surface area contributed by atoms with Crippen molar-refractivity contribution < 1.29 is 0 Å². The van der Waals surface area contributed by atoms with Crippen molar-refractivity contribution in [2.45, 2.75) is 13.8 Å². The third kappa shape index (κ3) is 1.85. The summed E-state index contributed by atoms with van der Waals surface area (Å²) in [6.07, 6.45) is 6.13. The van der Waals surface area contributed by atoms with Gasteiger partial charge >= 0.3 is 0 Å². The number of aryl methyl sites for hydroxylation is 1. The van der Waals surface area contributed by atoms with Crippen LogP contribution in [-0.4, -0.2) is 0 Å². The molecule has 0 amide bonds. The molecule has 1 aromatic carbocycles. The molecule has 0 aliphatic rings. The molecule has 0 fully saturated rings. The fourth-order valence-electron chi connectivity index (χ4n) is 1.08. The predicted molar refractivity (Wildman–Crippen MR) is 55.2 cm³/mol. The maximum atomic E-state index is 4.01. The molecule has 0 N–H and O–H groups in total. The number of rotatable bonds is 1. The zero-order chi connectivity index (χ0) is 8.97. The Morgan fingerprint density at radius 1 is 1.33 bits per heavy atom. The molecular weight excluding hydrogens is 144 g/mol. The van der Waals surface area contributed by atoms with Crippen LogP contribution < -0.4 is 10.4 Å². The summed E-state index contributed by atoms with van der Waals surface area (Å²) in [5, 5.41) is 2.32. The minimum atomic E-state index is 1.12. The van der Waals surface area contributed by atoms with Gasteiger partial charge in [-0.05, 0) is 29.8 Å². The molecule has 0 spiro atoms. The maximum Gasteiger partial charge on any atom is -0.0187 e. The Balaban J connectivity index is 3.36. The molecule has 0 heteroatoms. The highest BCUT2D eigenvalue weighted by atomic mass is 13.9. The molecule has 0 aromatic heterocycles. The van der Waals surface area contributed by atoms with E-state index in [1.165, 1.54) is 10.8 Å². The lowest BCUT2D eigenvalue weighted by Gasteiger charge is -1.92. The van der Waals surface area contributed by atoms with Gasteiger partial charge in [-0.25, -0.2) is 0 Å². The van der Waals surface area contributed by atoms with Crippen LogP contribution in [0.15, 0.2) is 30.4 Å². The fourth-order valence-corrected chi connectivity index (χ4v) is 1.08. The highest BCUT2D eigenvalue weighted by Crippen LogP contribution is 1.82. The van der Waals surface area contributed by atoms with Crippen molar-refractivity contribution in [3.05, 3.63) is 46.4 Å². The van der Waals surface area contributed by atoms with Crippen molar-refractivity contribution in [2.75, 3.05) is 0 Å². The van der Waals surface area contributed by atoms with E-state index in [1.54, 1.807) is 0 Å². The van der Waals surface area contributed by atoms with E-state index in [9.17, 15) is 0 Å². The van der Waals surface area contributed by atoms with Crippen LogP contribution in [0, 0.1) is 6.92 Å². The quantitative estimate of drug-likeness (QED) is 0.584. The first-order valence-electron chi connectivity index (χ1n) is 4.13. The first kappa shape index (κ1) is 8.79. The van der Waals surface area contributed by atoms with Crippen molar-refractivity contribution in [3.63, 3.8) is 0 Å². The number of hydrogen-bond donors (Lipinski definition) is 0. The molecule has 0 saturated carbocycles. The SMILES string of the molecule is C=c1c(C)ccc/c1=C/C=C\C. The molecule has 0 bridgehead atoms. The van der Waals surface area contributed by atoms with Gasteiger partial charge in [0.2, 0.25) is 0 Å². The van der Waals surface area contributed by atoms with Gasteiger partial charge in [-0.15, -0.1) is 0 Å². The van der Waals surface area contributed by atoms with Crippen molar-refractivity contribution >= 4 is 12.7 Å². The van der Waals surface area contributed by atoms with Gasteiger partial charge in [-0.1, -0.05) is 43.0 Å². The van der Waals surface area contributed by atoms with Gasteiger partial charge < -0.3 is 0 Å². The van der Waals surface area contributed by atoms with E-state index >= 15 is 0 Å². The van der Waals surface area contributed by atoms with Crippen LogP contribution in [0.25, 0.3) is 12.7 Å². The van der Waals surface area contributed by atoms with E-state index in [0.29, 0.717) is 0 Å². The first-order valence-corrected chi connectivity index (χ1v) is 4.13. The summed E-state index contributed by atoms with van der Waals surface area (Å²) in [5.74, 6) is 0. The van der Waals surface area contributed by atoms with E-state index in [4.69, 9.17) is 0 Å².